The molecule has 0 saturated heterocycles. The quantitative estimate of drug-likeness (QED) is 0.722. The Labute approximate surface area is 138 Å². The first-order chi connectivity index (χ1) is 9.00. The molecule has 2 rings (SSSR count). The number of benzene rings is 1. The van der Waals surface area contributed by atoms with Crippen LogP contribution in [0.2, 0.25) is 0 Å². The normalized spacial score (nSPS) is 14.7. The molecule has 0 amide bonds. The Morgan fingerprint density at radius 1 is 1.30 bits per heavy atom. The molecule has 0 N–H and O–H groups in total. The average Bonchev–Trinajstić information content (AvgIpc) is 2.39. The highest BCUT2D eigenvalue weighted by Crippen LogP contribution is 2.22. The molecule has 0 saturated carbocycles. The highest BCUT2D eigenvalue weighted by Gasteiger charge is 2.10. The van der Waals surface area contributed by atoms with Crippen LogP contribution in [0.1, 0.15) is 18.9 Å². The minimum absolute atomic E-state index is 0. The van der Waals surface area contributed by atoms with E-state index in [1.165, 1.54) is 6.26 Å². The van der Waals surface area contributed by atoms with E-state index >= 15 is 0 Å². The highest BCUT2D eigenvalue weighted by molar-refractivity contribution is 14.0. The lowest BCUT2D eigenvalue weighted by Crippen LogP contribution is -2.20. The van der Waals surface area contributed by atoms with Crippen LogP contribution in [0.3, 0.4) is 0 Å². The first kappa shape index (κ1) is 17.2. The number of sulfone groups is 1. The Hall–Kier alpha value is -0.820. The summed E-state index contributed by atoms with van der Waals surface area (Å²) < 4.78 is 23.1. The summed E-state index contributed by atoms with van der Waals surface area (Å²) >= 11 is 0. The molecule has 1 heterocycles. The van der Waals surface area contributed by atoms with Crippen LogP contribution in [0, 0.1) is 0 Å². The fourth-order valence-electron chi connectivity index (χ4n) is 2.10. The molecule has 0 radical (unpaired) electrons. The molecular weight excluding hydrogens is 385 g/mol. The third-order valence-electron chi connectivity index (χ3n) is 3.12. The molecule has 1 aliphatic rings. The minimum Gasteiger partial charge on any atom is -0.374 e. The van der Waals surface area contributed by atoms with Gasteiger partial charge in [0.2, 0.25) is 0 Å². The van der Waals surface area contributed by atoms with E-state index in [0.29, 0.717) is 4.90 Å². The van der Waals surface area contributed by atoms with E-state index in [1.54, 1.807) is 18.2 Å². The smallest absolute Gasteiger partial charge is 0.175 e. The summed E-state index contributed by atoms with van der Waals surface area (Å²) in [6, 6.07) is 7.11. The fraction of sp³-hybridized carbons (Fsp3) is 0.333. The number of halogens is 1. The molecule has 20 heavy (non-hydrogen) atoms. The number of rotatable bonds is 4. The van der Waals surface area contributed by atoms with Gasteiger partial charge in [0.05, 0.1) is 4.90 Å². The third kappa shape index (κ3) is 4.34. The second-order valence-corrected chi connectivity index (χ2v) is 6.79. The molecule has 0 atom stereocenters. The minimum atomic E-state index is -3.15. The zero-order valence-corrected chi connectivity index (χ0v) is 14.9. The lowest BCUT2D eigenvalue weighted by molar-refractivity contribution is 0.412. The predicted octanol–water partition coefficient (Wildman–Crippen LogP) is 3.33. The van der Waals surface area contributed by atoms with Gasteiger partial charge in [-0.25, -0.2) is 8.42 Å². The largest absolute Gasteiger partial charge is 0.374 e. The molecular formula is C15H20INO2S. The monoisotopic (exact) mass is 405 g/mol. The molecule has 0 spiro atoms. The summed E-state index contributed by atoms with van der Waals surface area (Å²) in [6.07, 6.45) is 8.61. The zero-order valence-electron chi connectivity index (χ0n) is 11.7. The van der Waals surface area contributed by atoms with Crippen LogP contribution in [0.25, 0.3) is 5.57 Å². The summed E-state index contributed by atoms with van der Waals surface area (Å²) in [5.41, 5.74) is 2.04. The van der Waals surface area contributed by atoms with Crippen molar-refractivity contribution in [3.63, 3.8) is 0 Å². The molecule has 0 aromatic heterocycles. The summed E-state index contributed by atoms with van der Waals surface area (Å²) in [7, 11) is -3.15. The van der Waals surface area contributed by atoms with Gasteiger partial charge < -0.3 is 4.90 Å². The van der Waals surface area contributed by atoms with Crippen LogP contribution >= 0.6 is 24.0 Å². The molecule has 0 aliphatic carbocycles. The topological polar surface area (TPSA) is 37.4 Å². The van der Waals surface area contributed by atoms with Crippen molar-refractivity contribution in [2.45, 2.75) is 18.2 Å². The van der Waals surface area contributed by atoms with Crippen LogP contribution in [0.15, 0.2) is 47.5 Å². The van der Waals surface area contributed by atoms with Crippen LogP contribution in [-0.2, 0) is 9.84 Å². The van der Waals surface area contributed by atoms with E-state index in [0.717, 1.165) is 30.6 Å². The highest BCUT2D eigenvalue weighted by atomic mass is 127. The van der Waals surface area contributed by atoms with Crippen molar-refractivity contribution in [3.8, 4) is 0 Å². The van der Waals surface area contributed by atoms with Crippen molar-refractivity contribution >= 4 is 39.4 Å². The van der Waals surface area contributed by atoms with Crippen LogP contribution in [0.4, 0.5) is 0 Å². The van der Waals surface area contributed by atoms with Gasteiger partial charge in [0.25, 0.3) is 0 Å². The Balaban J connectivity index is 0.00000200. The van der Waals surface area contributed by atoms with Gasteiger partial charge in [0.15, 0.2) is 9.84 Å². The van der Waals surface area contributed by atoms with E-state index in [-0.39, 0.29) is 24.0 Å². The molecule has 0 unspecified atom stereocenters. The molecule has 110 valence electrons. The average molecular weight is 405 g/mol. The van der Waals surface area contributed by atoms with Crippen molar-refractivity contribution < 1.29 is 8.42 Å². The SMILES string of the molecule is CCCN1C=CC(c2cccc(S(C)(=O)=O)c2)=CC1.I. The van der Waals surface area contributed by atoms with E-state index in [1.807, 2.05) is 12.1 Å². The number of nitrogens with zero attached hydrogens (tertiary/aromatic N) is 1. The lowest BCUT2D eigenvalue weighted by atomic mass is 10.0. The second kappa shape index (κ2) is 7.26. The van der Waals surface area contributed by atoms with E-state index in [4.69, 9.17) is 0 Å². The van der Waals surface area contributed by atoms with Crippen LogP contribution < -0.4 is 0 Å². The van der Waals surface area contributed by atoms with Gasteiger partial charge in [-0.05, 0) is 42.0 Å². The number of hydrogen-bond donors (Lipinski definition) is 0. The van der Waals surface area contributed by atoms with E-state index in [2.05, 4.69) is 24.1 Å². The molecule has 1 aliphatic heterocycles. The van der Waals surface area contributed by atoms with Crippen LogP contribution in [-0.4, -0.2) is 32.7 Å². The third-order valence-corrected chi connectivity index (χ3v) is 4.23. The first-order valence-electron chi connectivity index (χ1n) is 6.43. The van der Waals surface area contributed by atoms with Gasteiger partial charge in [-0.15, -0.1) is 24.0 Å². The molecule has 1 aromatic rings. The molecule has 5 heteroatoms. The van der Waals surface area contributed by atoms with Crippen molar-refractivity contribution in [3.05, 3.63) is 48.2 Å². The molecule has 0 bridgehead atoms. The van der Waals surface area contributed by atoms with Gasteiger partial charge in [-0.2, -0.15) is 0 Å². The summed E-state index contributed by atoms with van der Waals surface area (Å²) in [5.74, 6) is 0. The van der Waals surface area contributed by atoms with Crippen molar-refractivity contribution in [2.75, 3.05) is 19.3 Å². The second-order valence-electron chi connectivity index (χ2n) is 4.77. The predicted molar refractivity (Wildman–Crippen MR) is 93.9 cm³/mol. The van der Waals surface area contributed by atoms with Gasteiger partial charge in [0, 0.05) is 19.3 Å². The lowest BCUT2D eigenvalue weighted by Gasteiger charge is -2.22. The van der Waals surface area contributed by atoms with Gasteiger partial charge >= 0.3 is 0 Å². The van der Waals surface area contributed by atoms with E-state index in [9.17, 15) is 8.42 Å². The van der Waals surface area contributed by atoms with Crippen LogP contribution in [0.5, 0.6) is 0 Å². The molecule has 0 fully saturated rings. The Bertz CT molecular complexity index is 621. The maximum atomic E-state index is 11.6. The Morgan fingerprint density at radius 3 is 2.60 bits per heavy atom. The Morgan fingerprint density at radius 2 is 2.05 bits per heavy atom. The Kier molecular flexibility index (Phi) is 6.26. The standard InChI is InChI=1S/C15H19NO2S.HI/c1-3-9-16-10-7-13(8-11-16)14-5-4-6-15(12-14)19(2,17)18;/h4-8,10,12H,3,9,11H2,1-2H3;1H. The van der Waals surface area contributed by atoms with Crippen molar-refractivity contribution in [1.82, 2.24) is 4.90 Å². The summed E-state index contributed by atoms with van der Waals surface area (Å²) in [6.45, 7) is 4.08. The number of allylic oxidation sites excluding steroid dienone is 2. The van der Waals surface area contributed by atoms with E-state index < -0.39 is 9.84 Å². The maximum absolute atomic E-state index is 11.6. The van der Waals surface area contributed by atoms with Gasteiger partial charge in [-0.1, -0.05) is 25.1 Å². The first-order valence-corrected chi connectivity index (χ1v) is 8.33. The zero-order chi connectivity index (χ0) is 13.9. The maximum Gasteiger partial charge on any atom is 0.175 e. The fourth-order valence-corrected chi connectivity index (χ4v) is 2.77. The van der Waals surface area contributed by atoms with Crippen molar-refractivity contribution in [1.29, 1.82) is 0 Å². The summed E-state index contributed by atoms with van der Waals surface area (Å²) in [5, 5.41) is 0. The van der Waals surface area contributed by atoms with Gasteiger partial charge in [0.1, 0.15) is 0 Å². The molecule has 3 nitrogen and oxygen atoms in total. The van der Waals surface area contributed by atoms with Crippen molar-refractivity contribution in [2.24, 2.45) is 0 Å². The summed E-state index contributed by atoms with van der Waals surface area (Å²) in [4.78, 5) is 2.61. The van der Waals surface area contributed by atoms with Gasteiger partial charge in [-0.3, -0.25) is 0 Å². The molecule has 1 aromatic carbocycles. The number of hydrogen-bond acceptors (Lipinski definition) is 3.